The molecule has 0 unspecified atom stereocenters. The zero-order chi connectivity index (χ0) is 14.4. The lowest BCUT2D eigenvalue weighted by molar-refractivity contribution is -0.149. The van der Waals surface area contributed by atoms with Gasteiger partial charge >= 0.3 is 5.97 Å². The summed E-state index contributed by atoms with van der Waals surface area (Å²) in [5.74, 6) is 0.332. The Morgan fingerprint density at radius 2 is 1.95 bits per heavy atom. The number of rotatable bonds is 4. The van der Waals surface area contributed by atoms with Gasteiger partial charge in [-0.05, 0) is 49.3 Å². The molecule has 1 aliphatic carbocycles. The monoisotopic (exact) mass is 269 g/mol. The van der Waals surface area contributed by atoms with E-state index in [1.54, 1.807) is 6.08 Å². The third kappa shape index (κ3) is 3.71. The average Bonchev–Trinajstić information content (AvgIpc) is 2.48. The maximum atomic E-state index is 11.4. The molecule has 0 radical (unpaired) electrons. The van der Waals surface area contributed by atoms with E-state index in [0.29, 0.717) is 11.5 Å². The summed E-state index contributed by atoms with van der Waals surface area (Å²) >= 11 is 0. The number of ether oxygens (including phenoxy) is 1. The van der Waals surface area contributed by atoms with Crippen LogP contribution < -0.4 is 0 Å². The molecule has 0 heterocycles. The molecule has 0 aromatic heterocycles. The number of carbonyl (C=O) groups excluding carboxylic acids is 1. The van der Waals surface area contributed by atoms with Crippen LogP contribution in [0.25, 0.3) is 0 Å². The number of esters is 1. The summed E-state index contributed by atoms with van der Waals surface area (Å²) in [6, 6.07) is 9.94. The molecule has 20 heavy (non-hydrogen) atoms. The Morgan fingerprint density at radius 1 is 1.30 bits per heavy atom. The minimum Gasteiger partial charge on any atom is -0.462 e. The molecule has 0 amide bonds. The molecule has 1 saturated carbocycles. The Kier molecular flexibility index (Phi) is 4.95. The van der Waals surface area contributed by atoms with Crippen LogP contribution in [0.2, 0.25) is 0 Å². The van der Waals surface area contributed by atoms with Gasteiger partial charge in [0, 0.05) is 0 Å². The highest BCUT2D eigenvalue weighted by molar-refractivity contribution is 5.71. The van der Waals surface area contributed by atoms with E-state index in [1.165, 1.54) is 5.56 Å². The highest BCUT2D eigenvalue weighted by atomic mass is 16.5. The number of carbonyl (C=O) groups is 1. The zero-order valence-electron chi connectivity index (χ0n) is 11.5. The summed E-state index contributed by atoms with van der Waals surface area (Å²) in [5, 5.41) is 8.80. The minimum atomic E-state index is -0.179. The van der Waals surface area contributed by atoms with Gasteiger partial charge in [-0.15, -0.1) is 6.58 Å². The highest BCUT2D eigenvalue weighted by Gasteiger charge is 2.24. The van der Waals surface area contributed by atoms with Crippen LogP contribution in [0.15, 0.2) is 36.9 Å². The Labute approximate surface area is 119 Å². The fraction of sp³-hybridized carbons (Fsp3) is 0.412. The molecular formula is C17H19NO2. The van der Waals surface area contributed by atoms with E-state index in [1.807, 2.05) is 24.3 Å². The van der Waals surface area contributed by atoms with Crippen LogP contribution in [-0.4, -0.2) is 12.1 Å². The summed E-state index contributed by atoms with van der Waals surface area (Å²) in [5.41, 5.74) is 1.97. The predicted octanol–water partition coefficient (Wildman–Crippen LogP) is 3.70. The molecule has 1 aliphatic rings. The first-order valence-electron chi connectivity index (χ1n) is 7.03. The quantitative estimate of drug-likeness (QED) is 0.618. The Hall–Kier alpha value is -2.08. The van der Waals surface area contributed by atoms with Crippen LogP contribution in [0, 0.1) is 11.3 Å². The maximum absolute atomic E-state index is 11.4. The van der Waals surface area contributed by atoms with Gasteiger partial charge in [-0.25, -0.2) is 0 Å². The number of nitrogens with zero attached hydrogens (tertiary/aromatic N) is 1. The van der Waals surface area contributed by atoms with Crippen LogP contribution in [0.4, 0.5) is 0 Å². The molecule has 1 aromatic rings. The molecule has 3 nitrogen and oxygen atoms in total. The molecule has 0 saturated heterocycles. The first-order chi connectivity index (χ1) is 9.72. The largest absolute Gasteiger partial charge is 0.462 e. The second-order valence-corrected chi connectivity index (χ2v) is 5.19. The molecule has 104 valence electrons. The van der Waals surface area contributed by atoms with Crippen molar-refractivity contribution in [1.82, 2.24) is 0 Å². The number of benzene rings is 1. The van der Waals surface area contributed by atoms with Crippen molar-refractivity contribution in [1.29, 1.82) is 5.26 Å². The van der Waals surface area contributed by atoms with E-state index in [-0.39, 0.29) is 18.5 Å². The summed E-state index contributed by atoms with van der Waals surface area (Å²) in [4.78, 5) is 11.4. The molecule has 0 aliphatic heterocycles. The number of hydrogen-bond acceptors (Lipinski definition) is 3. The van der Waals surface area contributed by atoms with Crippen molar-refractivity contribution in [2.75, 3.05) is 0 Å². The van der Waals surface area contributed by atoms with Gasteiger partial charge < -0.3 is 4.74 Å². The van der Waals surface area contributed by atoms with E-state index in [2.05, 4.69) is 12.6 Å². The van der Waals surface area contributed by atoms with Crippen molar-refractivity contribution in [3.8, 4) is 6.07 Å². The summed E-state index contributed by atoms with van der Waals surface area (Å²) in [6.07, 6.45) is 5.79. The summed E-state index contributed by atoms with van der Waals surface area (Å²) in [7, 11) is 0. The fourth-order valence-corrected chi connectivity index (χ4v) is 2.70. The Morgan fingerprint density at radius 3 is 2.50 bits per heavy atom. The maximum Gasteiger partial charge on any atom is 0.309 e. The van der Waals surface area contributed by atoms with Crippen molar-refractivity contribution in [2.45, 2.75) is 44.1 Å². The van der Waals surface area contributed by atoms with Crippen LogP contribution in [-0.2, 0) is 9.53 Å². The lowest BCUT2D eigenvalue weighted by atomic mass is 9.82. The van der Waals surface area contributed by atoms with Crippen LogP contribution >= 0.6 is 0 Å². The van der Waals surface area contributed by atoms with E-state index in [0.717, 1.165) is 25.7 Å². The predicted molar refractivity (Wildman–Crippen MR) is 77.1 cm³/mol. The molecular weight excluding hydrogens is 250 g/mol. The lowest BCUT2D eigenvalue weighted by Crippen LogP contribution is -2.23. The topological polar surface area (TPSA) is 50.1 Å². The van der Waals surface area contributed by atoms with Crippen molar-refractivity contribution in [3.05, 3.63) is 48.0 Å². The molecule has 3 heteroatoms. The number of hydrogen-bond donors (Lipinski definition) is 0. The van der Waals surface area contributed by atoms with Crippen molar-refractivity contribution >= 4 is 5.97 Å². The summed E-state index contributed by atoms with van der Waals surface area (Å²) < 4.78 is 5.40. The second kappa shape index (κ2) is 6.91. The standard InChI is InChI=1S/C17H19NO2/c1-2-3-17(19)20-16-10-8-15(9-11-16)14-6-4-13(12-18)5-7-14/h2,4-7,15-16H,1,3,8-11H2/t15-,16-. The van der Waals surface area contributed by atoms with Gasteiger partial charge in [0.15, 0.2) is 0 Å². The lowest BCUT2D eigenvalue weighted by Gasteiger charge is -2.28. The van der Waals surface area contributed by atoms with Gasteiger partial charge in [-0.3, -0.25) is 4.79 Å². The fourth-order valence-electron chi connectivity index (χ4n) is 2.70. The van der Waals surface area contributed by atoms with E-state index < -0.39 is 0 Å². The van der Waals surface area contributed by atoms with E-state index in [4.69, 9.17) is 10.00 Å². The third-order valence-corrected chi connectivity index (χ3v) is 3.79. The number of nitriles is 1. The minimum absolute atomic E-state index is 0.0529. The highest BCUT2D eigenvalue weighted by Crippen LogP contribution is 2.34. The molecule has 2 rings (SSSR count). The van der Waals surface area contributed by atoms with Crippen LogP contribution in [0.1, 0.15) is 49.1 Å². The van der Waals surface area contributed by atoms with E-state index in [9.17, 15) is 4.79 Å². The van der Waals surface area contributed by atoms with Gasteiger partial charge in [0.25, 0.3) is 0 Å². The van der Waals surface area contributed by atoms with E-state index >= 15 is 0 Å². The van der Waals surface area contributed by atoms with Crippen molar-refractivity contribution in [2.24, 2.45) is 0 Å². The SMILES string of the molecule is C=CCC(=O)O[C@H]1CC[C@H](c2ccc(C#N)cc2)CC1. The first kappa shape index (κ1) is 14.3. The normalized spacial score (nSPS) is 21.8. The van der Waals surface area contributed by atoms with Gasteiger partial charge in [0.1, 0.15) is 6.10 Å². The molecule has 0 atom stereocenters. The molecule has 0 N–H and O–H groups in total. The second-order valence-electron chi connectivity index (χ2n) is 5.19. The molecule has 1 aromatic carbocycles. The smallest absolute Gasteiger partial charge is 0.309 e. The van der Waals surface area contributed by atoms with Crippen molar-refractivity contribution < 1.29 is 9.53 Å². The van der Waals surface area contributed by atoms with Gasteiger partial charge in [-0.1, -0.05) is 18.2 Å². The molecule has 1 fully saturated rings. The van der Waals surface area contributed by atoms with Crippen LogP contribution in [0.3, 0.4) is 0 Å². The average molecular weight is 269 g/mol. The molecule has 0 spiro atoms. The summed E-state index contributed by atoms with van der Waals surface area (Å²) in [6.45, 7) is 3.54. The Balaban J connectivity index is 1.86. The third-order valence-electron chi connectivity index (χ3n) is 3.79. The van der Waals surface area contributed by atoms with Crippen molar-refractivity contribution in [3.63, 3.8) is 0 Å². The first-order valence-corrected chi connectivity index (χ1v) is 7.03. The zero-order valence-corrected chi connectivity index (χ0v) is 11.5. The Bertz CT molecular complexity index is 505. The van der Waals surface area contributed by atoms with Gasteiger partial charge in [0.2, 0.25) is 0 Å². The molecule has 0 bridgehead atoms. The van der Waals surface area contributed by atoms with Gasteiger partial charge in [-0.2, -0.15) is 5.26 Å². The van der Waals surface area contributed by atoms with Gasteiger partial charge in [0.05, 0.1) is 18.1 Å². The van der Waals surface area contributed by atoms with Crippen LogP contribution in [0.5, 0.6) is 0 Å².